The summed E-state index contributed by atoms with van der Waals surface area (Å²) in [6, 6.07) is 31.1. The molecule has 0 saturated heterocycles. The highest BCUT2D eigenvalue weighted by atomic mass is 15.1. The molecule has 2 aliphatic rings. The van der Waals surface area contributed by atoms with Crippen molar-refractivity contribution in [2.24, 2.45) is 0 Å². The minimum Gasteiger partial charge on any atom is -0.324 e. The molecule has 3 aromatic heterocycles. The van der Waals surface area contributed by atoms with Crippen molar-refractivity contribution in [3.8, 4) is 45.6 Å². The molecule has 0 unspecified atom stereocenters. The lowest BCUT2D eigenvalue weighted by Gasteiger charge is -2.05. The van der Waals surface area contributed by atoms with E-state index in [-0.39, 0.29) is 0 Å². The van der Waals surface area contributed by atoms with E-state index in [0.717, 1.165) is 67.9 Å². The van der Waals surface area contributed by atoms with E-state index >= 15 is 0 Å². The van der Waals surface area contributed by atoms with Crippen LogP contribution in [0.4, 0.5) is 0 Å². The van der Waals surface area contributed by atoms with Crippen LogP contribution in [-0.4, -0.2) is 39.9 Å². The van der Waals surface area contributed by atoms with Crippen molar-refractivity contribution in [2.45, 2.75) is 90.4 Å². The van der Waals surface area contributed by atoms with Gasteiger partial charge in [0.25, 0.3) is 0 Å². The fourth-order valence-electron chi connectivity index (χ4n) is 8.13. The van der Waals surface area contributed by atoms with Gasteiger partial charge in [-0.2, -0.15) is 0 Å². The Bertz CT molecular complexity index is 2630. The largest absolute Gasteiger partial charge is 0.324 e. The number of benzene rings is 4. The molecule has 0 fully saturated rings. The van der Waals surface area contributed by atoms with E-state index in [0.29, 0.717) is 34.6 Å². The summed E-state index contributed by atoms with van der Waals surface area (Å²) in [6.07, 6.45) is 17.0. The van der Waals surface area contributed by atoms with Crippen LogP contribution in [0.2, 0.25) is 0 Å². The van der Waals surface area contributed by atoms with Crippen molar-refractivity contribution in [2.75, 3.05) is 0 Å². The van der Waals surface area contributed by atoms with Gasteiger partial charge in [0.2, 0.25) is 0 Å². The van der Waals surface area contributed by atoms with Gasteiger partial charge in [0.15, 0.2) is 23.3 Å². The first-order valence-corrected chi connectivity index (χ1v) is 20.0. The molecule has 0 saturated carbocycles. The normalized spacial score (nSPS) is 12.0. The standard InChI is InChI=1S/C46H46N8/c1-2-3-4-5-6-7-8-9-10-11-12-13-21-30-22-20-29-37-38(30)46-53-44-36-28-19-18-27-35(36)42(51-44)49-40-32-24-15-14-23-31(32)39(47-40)48-41-33-25-16-17-26-34(33)43(50-41)52-45(37)54-46/h14-20,22-29H,2-13,21H2,1H3,(H2,47,48,49,50,51,52,53,54). The van der Waals surface area contributed by atoms with Crippen LogP contribution >= 0.6 is 0 Å². The van der Waals surface area contributed by atoms with E-state index in [2.05, 4.69) is 71.5 Å². The van der Waals surface area contributed by atoms with Crippen molar-refractivity contribution in [1.82, 2.24) is 39.9 Å². The second-order valence-electron chi connectivity index (χ2n) is 14.7. The third-order valence-electron chi connectivity index (χ3n) is 11.0. The first-order chi connectivity index (χ1) is 26.7. The predicted molar refractivity (Wildman–Crippen MR) is 221 cm³/mol. The summed E-state index contributed by atoms with van der Waals surface area (Å²) in [5, 5.41) is 4.05. The van der Waals surface area contributed by atoms with Gasteiger partial charge >= 0.3 is 0 Å². The molecule has 9 rings (SSSR count). The third-order valence-corrected chi connectivity index (χ3v) is 11.0. The Labute approximate surface area is 315 Å². The molecule has 4 aromatic carbocycles. The fourth-order valence-corrected chi connectivity index (χ4v) is 8.13. The molecule has 0 atom stereocenters. The molecule has 0 spiro atoms. The zero-order chi connectivity index (χ0) is 36.3. The van der Waals surface area contributed by atoms with Crippen molar-refractivity contribution >= 4 is 44.1 Å². The zero-order valence-electron chi connectivity index (χ0n) is 31.0. The summed E-state index contributed by atoms with van der Waals surface area (Å²) in [4.78, 5) is 38.0. The minimum atomic E-state index is 0.614. The zero-order valence-corrected chi connectivity index (χ0v) is 31.0. The summed E-state index contributed by atoms with van der Waals surface area (Å²) in [7, 11) is 0. The summed E-state index contributed by atoms with van der Waals surface area (Å²) in [6.45, 7) is 2.29. The highest BCUT2D eigenvalue weighted by Gasteiger charge is 2.22. The Kier molecular flexibility index (Phi) is 9.65. The van der Waals surface area contributed by atoms with Gasteiger partial charge in [-0.1, -0.05) is 169 Å². The first-order valence-electron chi connectivity index (χ1n) is 20.0. The number of nitrogens with one attached hydrogen (secondary N) is 2. The lowest BCUT2D eigenvalue weighted by atomic mass is 10.0. The second kappa shape index (κ2) is 15.3. The van der Waals surface area contributed by atoms with Gasteiger partial charge in [0.1, 0.15) is 22.6 Å². The van der Waals surface area contributed by atoms with E-state index in [9.17, 15) is 0 Å². The van der Waals surface area contributed by atoms with Gasteiger partial charge in [0, 0.05) is 43.8 Å². The number of aromatic amines is 2. The number of aromatic nitrogens is 8. The summed E-state index contributed by atoms with van der Waals surface area (Å²) >= 11 is 0. The van der Waals surface area contributed by atoms with Crippen molar-refractivity contribution in [3.63, 3.8) is 0 Å². The quantitative estimate of drug-likeness (QED) is 0.115. The predicted octanol–water partition coefficient (Wildman–Crippen LogP) is 12.1. The van der Waals surface area contributed by atoms with E-state index in [1.165, 1.54) is 76.2 Å². The van der Waals surface area contributed by atoms with Crippen LogP contribution in [0.1, 0.15) is 89.5 Å². The Morgan fingerprint density at radius 2 is 0.759 bits per heavy atom. The SMILES string of the molecule is CCCCCCCCCCCCCCc1cccc2c3nc4nc(nc5[nH]c(nc6nc(nc([nH]3)c12)-c1ccccc1-6)c1ccccc51)-c1ccccc1-4. The van der Waals surface area contributed by atoms with Crippen LogP contribution in [0.25, 0.3) is 89.7 Å². The molecule has 8 bridgehead atoms. The van der Waals surface area contributed by atoms with Crippen molar-refractivity contribution < 1.29 is 0 Å². The number of H-pyrrole nitrogens is 2. The number of hydrogen-bond acceptors (Lipinski definition) is 6. The van der Waals surface area contributed by atoms with Crippen LogP contribution in [0.3, 0.4) is 0 Å². The Morgan fingerprint density at radius 1 is 0.370 bits per heavy atom. The third kappa shape index (κ3) is 6.66. The number of fused-ring (bicyclic) bond motifs is 20. The molecule has 270 valence electrons. The lowest BCUT2D eigenvalue weighted by Crippen LogP contribution is -1.89. The number of aryl methyl sites for hydroxylation is 1. The van der Waals surface area contributed by atoms with Crippen LogP contribution in [-0.2, 0) is 6.42 Å². The molecule has 5 heterocycles. The average Bonchev–Trinajstić information content (AvgIpc) is 3.94. The number of rotatable bonds is 13. The molecule has 2 aliphatic heterocycles. The van der Waals surface area contributed by atoms with Gasteiger partial charge in [-0.05, 0) is 18.4 Å². The Balaban J connectivity index is 1.14. The smallest absolute Gasteiger partial charge is 0.164 e. The molecule has 0 amide bonds. The molecule has 54 heavy (non-hydrogen) atoms. The maximum Gasteiger partial charge on any atom is 0.164 e. The highest BCUT2D eigenvalue weighted by molar-refractivity contribution is 6.07. The average molecular weight is 711 g/mol. The maximum absolute atomic E-state index is 5.29. The highest BCUT2D eigenvalue weighted by Crippen LogP contribution is 2.37. The monoisotopic (exact) mass is 710 g/mol. The Morgan fingerprint density at radius 3 is 1.26 bits per heavy atom. The van der Waals surface area contributed by atoms with Gasteiger partial charge in [0.05, 0.1) is 0 Å². The first kappa shape index (κ1) is 34.0. The van der Waals surface area contributed by atoms with E-state index in [4.69, 9.17) is 29.9 Å². The molecular formula is C46H46N8. The van der Waals surface area contributed by atoms with E-state index in [1.807, 2.05) is 36.4 Å². The Hall–Kier alpha value is -5.76. The van der Waals surface area contributed by atoms with Crippen LogP contribution in [0.15, 0.2) is 91.0 Å². The van der Waals surface area contributed by atoms with Crippen molar-refractivity contribution in [1.29, 1.82) is 0 Å². The molecule has 2 N–H and O–H groups in total. The van der Waals surface area contributed by atoms with E-state index < -0.39 is 0 Å². The number of nitrogens with zero attached hydrogens (tertiary/aromatic N) is 6. The summed E-state index contributed by atoms with van der Waals surface area (Å²) in [5.74, 6) is 2.48. The molecule has 0 aliphatic carbocycles. The molecular weight excluding hydrogens is 665 g/mol. The number of hydrogen-bond donors (Lipinski definition) is 2. The minimum absolute atomic E-state index is 0.614. The molecule has 7 aromatic rings. The van der Waals surface area contributed by atoms with Gasteiger partial charge in [-0.25, -0.2) is 29.9 Å². The molecule has 8 nitrogen and oxygen atoms in total. The van der Waals surface area contributed by atoms with Crippen LogP contribution < -0.4 is 0 Å². The topological polar surface area (TPSA) is 109 Å². The number of unbranched alkanes of at least 4 members (excludes halogenated alkanes) is 11. The second-order valence-corrected chi connectivity index (χ2v) is 14.7. The van der Waals surface area contributed by atoms with Crippen LogP contribution in [0, 0.1) is 0 Å². The maximum atomic E-state index is 5.29. The molecule has 8 heteroatoms. The van der Waals surface area contributed by atoms with Crippen molar-refractivity contribution in [3.05, 3.63) is 96.6 Å². The summed E-state index contributed by atoms with van der Waals surface area (Å²) in [5.41, 5.74) is 7.95. The van der Waals surface area contributed by atoms with E-state index in [1.54, 1.807) is 0 Å². The summed E-state index contributed by atoms with van der Waals surface area (Å²) < 4.78 is 0. The van der Waals surface area contributed by atoms with Gasteiger partial charge < -0.3 is 9.97 Å². The van der Waals surface area contributed by atoms with Gasteiger partial charge in [-0.15, -0.1) is 0 Å². The molecule has 0 radical (unpaired) electrons. The lowest BCUT2D eigenvalue weighted by molar-refractivity contribution is 0.544. The van der Waals surface area contributed by atoms with Crippen LogP contribution in [0.5, 0.6) is 0 Å². The fraction of sp³-hybridized carbons (Fsp3) is 0.304. The van der Waals surface area contributed by atoms with Gasteiger partial charge in [-0.3, -0.25) is 0 Å².